The van der Waals surface area contributed by atoms with Crippen LogP contribution in [0.2, 0.25) is 0 Å². The molecule has 2 nitrogen and oxygen atoms in total. The van der Waals surface area contributed by atoms with Crippen LogP contribution in [0.4, 0.5) is 0 Å². The Morgan fingerprint density at radius 2 is 2.00 bits per heavy atom. The Morgan fingerprint density at radius 3 is 2.70 bits per heavy atom. The van der Waals surface area contributed by atoms with Gasteiger partial charge in [0.1, 0.15) is 5.75 Å². The van der Waals surface area contributed by atoms with Crippen molar-refractivity contribution in [3.05, 3.63) is 42.0 Å². The fraction of sp³-hybridized carbons (Fsp3) is 0.556. The SMILES string of the molecule is CCOc1ccc(C2CCCN2C2C=CCCC2)cc1. The van der Waals surface area contributed by atoms with Crippen LogP contribution in [-0.2, 0) is 0 Å². The van der Waals surface area contributed by atoms with Crippen molar-refractivity contribution in [3.8, 4) is 5.75 Å². The topological polar surface area (TPSA) is 12.5 Å². The first-order valence-electron chi connectivity index (χ1n) is 8.03. The molecule has 1 aliphatic heterocycles. The molecular weight excluding hydrogens is 246 g/mol. The first-order chi connectivity index (χ1) is 9.88. The summed E-state index contributed by atoms with van der Waals surface area (Å²) in [5, 5.41) is 0. The second kappa shape index (κ2) is 6.45. The standard InChI is InChI=1S/C18H25NO/c1-2-20-17-12-10-15(11-13-17)18-9-6-14-19(18)16-7-4-3-5-8-16/h4,7,10-13,16,18H,2-3,5-6,8-9,14H2,1H3. The monoisotopic (exact) mass is 271 g/mol. The first-order valence-corrected chi connectivity index (χ1v) is 8.03. The van der Waals surface area contributed by atoms with Crippen LogP contribution in [0.1, 0.15) is 50.6 Å². The zero-order valence-corrected chi connectivity index (χ0v) is 12.4. The molecule has 1 aliphatic carbocycles. The van der Waals surface area contributed by atoms with Gasteiger partial charge in [-0.15, -0.1) is 0 Å². The Morgan fingerprint density at radius 1 is 1.15 bits per heavy atom. The van der Waals surface area contributed by atoms with Crippen molar-refractivity contribution >= 4 is 0 Å². The predicted molar refractivity (Wildman–Crippen MR) is 83.1 cm³/mol. The fourth-order valence-corrected chi connectivity index (χ4v) is 3.57. The minimum absolute atomic E-state index is 0.596. The maximum atomic E-state index is 5.54. The number of nitrogens with zero attached hydrogens (tertiary/aromatic N) is 1. The number of hydrogen-bond acceptors (Lipinski definition) is 2. The van der Waals surface area contributed by atoms with Crippen LogP contribution in [0.5, 0.6) is 5.75 Å². The van der Waals surface area contributed by atoms with Crippen molar-refractivity contribution < 1.29 is 4.74 Å². The summed E-state index contributed by atoms with van der Waals surface area (Å²) in [5.74, 6) is 0.985. The lowest BCUT2D eigenvalue weighted by atomic mass is 9.98. The molecule has 1 heterocycles. The smallest absolute Gasteiger partial charge is 0.119 e. The van der Waals surface area contributed by atoms with Crippen LogP contribution < -0.4 is 4.74 Å². The molecule has 108 valence electrons. The predicted octanol–water partition coefficient (Wildman–Crippen LogP) is 4.33. The number of rotatable bonds is 4. The van der Waals surface area contributed by atoms with Gasteiger partial charge >= 0.3 is 0 Å². The van der Waals surface area contributed by atoms with Gasteiger partial charge in [0, 0.05) is 12.1 Å². The van der Waals surface area contributed by atoms with E-state index in [9.17, 15) is 0 Å². The molecule has 1 fully saturated rings. The molecule has 20 heavy (non-hydrogen) atoms. The molecule has 2 aliphatic rings. The zero-order valence-electron chi connectivity index (χ0n) is 12.4. The van der Waals surface area contributed by atoms with Gasteiger partial charge in [-0.3, -0.25) is 4.90 Å². The first kappa shape index (κ1) is 13.7. The van der Waals surface area contributed by atoms with Gasteiger partial charge in [-0.05, 0) is 63.3 Å². The number of hydrogen-bond donors (Lipinski definition) is 0. The average molecular weight is 271 g/mol. The largest absolute Gasteiger partial charge is 0.494 e. The van der Waals surface area contributed by atoms with Crippen molar-refractivity contribution in [2.75, 3.05) is 13.2 Å². The third-order valence-corrected chi connectivity index (χ3v) is 4.52. The molecule has 3 rings (SSSR count). The highest BCUT2D eigenvalue weighted by atomic mass is 16.5. The van der Waals surface area contributed by atoms with E-state index in [0.29, 0.717) is 12.1 Å². The summed E-state index contributed by atoms with van der Waals surface area (Å²) in [6, 6.07) is 9.99. The van der Waals surface area contributed by atoms with E-state index in [1.165, 1.54) is 44.2 Å². The third-order valence-electron chi connectivity index (χ3n) is 4.52. The second-order valence-electron chi connectivity index (χ2n) is 5.82. The van der Waals surface area contributed by atoms with Crippen LogP contribution >= 0.6 is 0 Å². The van der Waals surface area contributed by atoms with E-state index in [1.807, 2.05) is 6.92 Å². The Kier molecular flexibility index (Phi) is 4.41. The molecule has 0 bridgehead atoms. The quantitative estimate of drug-likeness (QED) is 0.756. The van der Waals surface area contributed by atoms with Crippen molar-refractivity contribution in [2.24, 2.45) is 0 Å². The number of ether oxygens (including phenoxy) is 1. The second-order valence-corrected chi connectivity index (χ2v) is 5.82. The van der Waals surface area contributed by atoms with Gasteiger partial charge < -0.3 is 4.74 Å². The summed E-state index contributed by atoms with van der Waals surface area (Å²) >= 11 is 0. The molecule has 1 aromatic rings. The average Bonchev–Trinajstić information content (AvgIpc) is 2.99. The van der Waals surface area contributed by atoms with Gasteiger partial charge in [-0.2, -0.15) is 0 Å². The Balaban J connectivity index is 1.74. The molecule has 1 aromatic carbocycles. The molecule has 0 N–H and O–H groups in total. The highest BCUT2D eigenvalue weighted by Gasteiger charge is 2.30. The molecule has 2 atom stereocenters. The van der Waals surface area contributed by atoms with Gasteiger partial charge in [-0.1, -0.05) is 24.3 Å². The molecule has 0 radical (unpaired) electrons. The van der Waals surface area contributed by atoms with Crippen LogP contribution in [-0.4, -0.2) is 24.1 Å². The number of benzene rings is 1. The summed E-state index contributed by atoms with van der Waals surface area (Å²) in [6.07, 6.45) is 11.3. The Hall–Kier alpha value is -1.28. The molecule has 2 heteroatoms. The van der Waals surface area contributed by atoms with E-state index in [0.717, 1.165) is 12.4 Å². The molecule has 1 saturated heterocycles. The van der Waals surface area contributed by atoms with Crippen molar-refractivity contribution in [2.45, 2.75) is 51.1 Å². The lowest BCUT2D eigenvalue weighted by Crippen LogP contribution is -2.34. The van der Waals surface area contributed by atoms with E-state index in [2.05, 4.69) is 41.3 Å². The van der Waals surface area contributed by atoms with Gasteiger partial charge in [0.05, 0.1) is 6.61 Å². The Bertz CT molecular complexity index is 451. The van der Waals surface area contributed by atoms with E-state index in [4.69, 9.17) is 4.74 Å². The van der Waals surface area contributed by atoms with Gasteiger partial charge in [0.25, 0.3) is 0 Å². The van der Waals surface area contributed by atoms with Crippen molar-refractivity contribution in [1.82, 2.24) is 4.90 Å². The van der Waals surface area contributed by atoms with E-state index in [-0.39, 0.29) is 0 Å². The summed E-state index contributed by atoms with van der Waals surface area (Å²) in [5.41, 5.74) is 1.45. The van der Waals surface area contributed by atoms with Gasteiger partial charge in [0.15, 0.2) is 0 Å². The lowest BCUT2D eigenvalue weighted by molar-refractivity contribution is 0.198. The van der Waals surface area contributed by atoms with Crippen molar-refractivity contribution in [1.29, 1.82) is 0 Å². The maximum Gasteiger partial charge on any atom is 0.119 e. The number of likely N-dealkylation sites (tertiary alicyclic amines) is 1. The minimum atomic E-state index is 0.596. The molecular formula is C18H25NO. The third kappa shape index (κ3) is 2.90. The normalized spacial score (nSPS) is 26.9. The van der Waals surface area contributed by atoms with Crippen LogP contribution in [0.15, 0.2) is 36.4 Å². The molecule has 0 spiro atoms. The van der Waals surface area contributed by atoms with Crippen LogP contribution in [0.3, 0.4) is 0 Å². The van der Waals surface area contributed by atoms with Crippen LogP contribution in [0, 0.1) is 0 Å². The van der Waals surface area contributed by atoms with Crippen LogP contribution in [0.25, 0.3) is 0 Å². The summed E-state index contributed by atoms with van der Waals surface area (Å²) in [6.45, 7) is 4.01. The lowest BCUT2D eigenvalue weighted by Gasteiger charge is -2.33. The fourth-order valence-electron chi connectivity index (χ4n) is 3.57. The van der Waals surface area contributed by atoms with Crippen molar-refractivity contribution in [3.63, 3.8) is 0 Å². The van der Waals surface area contributed by atoms with Gasteiger partial charge in [0.2, 0.25) is 0 Å². The maximum absolute atomic E-state index is 5.54. The highest BCUT2D eigenvalue weighted by molar-refractivity contribution is 5.30. The number of allylic oxidation sites excluding steroid dienone is 1. The molecule has 0 amide bonds. The summed E-state index contributed by atoms with van der Waals surface area (Å²) < 4.78 is 5.54. The van der Waals surface area contributed by atoms with E-state index in [1.54, 1.807) is 0 Å². The van der Waals surface area contributed by atoms with Gasteiger partial charge in [-0.25, -0.2) is 0 Å². The van der Waals surface area contributed by atoms with E-state index < -0.39 is 0 Å². The summed E-state index contributed by atoms with van der Waals surface area (Å²) in [7, 11) is 0. The van der Waals surface area contributed by atoms with E-state index >= 15 is 0 Å². The molecule has 2 unspecified atom stereocenters. The zero-order chi connectivity index (χ0) is 13.8. The Labute approximate surface area is 122 Å². The minimum Gasteiger partial charge on any atom is -0.494 e. The molecule has 0 saturated carbocycles. The summed E-state index contributed by atoms with van der Waals surface area (Å²) in [4.78, 5) is 2.70. The molecule has 0 aromatic heterocycles. The highest BCUT2D eigenvalue weighted by Crippen LogP contribution is 2.36.